The highest BCUT2D eigenvalue weighted by Gasteiger charge is 2.45. The van der Waals surface area contributed by atoms with Gasteiger partial charge in [-0.1, -0.05) is 6.42 Å². The maximum absolute atomic E-state index is 12.8. The molecule has 184 valence electrons. The molecular formula is C23H33N7O3S. The maximum Gasteiger partial charge on any atom is 0.227 e. The third-order valence-corrected chi connectivity index (χ3v) is 9.03. The van der Waals surface area contributed by atoms with Crippen LogP contribution in [0.5, 0.6) is 0 Å². The summed E-state index contributed by atoms with van der Waals surface area (Å²) in [6.45, 7) is 4.33. The fourth-order valence-electron chi connectivity index (χ4n) is 5.38. The Morgan fingerprint density at radius 1 is 1.21 bits per heavy atom. The number of piperidine rings is 2. The van der Waals surface area contributed by atoms with E-state index in [1.807, 2.05) is 36.5 Å². The van der Waals surface area contributed by atoms with Gasteiger partial charge in [0.1, 0.15) is 17.3 Å². The summed E-state index contributed by atoms with van der Waals surface area (Å²) in [4.78, 5) is 11.7. The van der Waals surface area contributed by atoms with Crippen molar-refractivity contribution in [3.8, 4) is 0 Å². The van der Waals surface area contributed by atoms with Gasteiger partial charge in [0.25, 0.3) is 0 Å². The number of nitrogens with zero attached hydrogens (tertiary/aromatic N) is 5. The van der Waals surface area contributed by atoms with Gasteiger partial charge >= 0.3 is 0 Å². The predicted molar refractivity (Wildman–Crippen MR) is 131 cm³/mol. The van der Waals surface area contributed by atoms with Gasteiger partial charge < -0.3 is 15.0 Å². The molecule has 5 heterocycles. The average Bonchev–Trinajstić information content (AvgIpc) is 3.49. The highest BCUT2D eigenvalue weighted by atomic mass is 32.2. The molecule has 2 N–H and O–H groups in total. The normalized spacial score (nSPS) is 25.0. The number of aromatic nitrogens is 4. The number of hydrogen-bond acceptors (Lipinski definition) is 8. The number of aromatic amines is 1. The van der Waals surface area contributed by atoms with Crippen molar-refractivity contribution < 1.29 is 13.2 Å². The lowest BCUT2D eigenvalue weighted by molar-refractivity contribution is 0.109. The minimum Gasteiger partial charge on any atom is -0.491 e. The molecule has 3 aliphatic rings. The van der Waals surface area contributed by atoms with Crippen LogP contribution >= 0.6 is 0 Å². The van der Waals surface area contributed by atoms with Crippen LogP contribution < -0.4 is 10.2 Å². The molecule has 2 saturated heterocycles. The van der Waals surface area contributed by atoms with Crippen LogP contribution in [0.25, 0.3) is 5.76 Å². The number of rotatable bonds is 7. The van der Waals surface area contributed by atoms with E-state index in [-0.39, 0.29) is 23.9 Å². The van der Waals surface area contributed by atoms with Gasteiger partial charge in [-0.05, 0) is 45.6 Å². The lowest BCUT2D eigenvalue weighted by Gasteiger charge is -2.49. The van der Waals surface area contributed by atoms with Crippen molar-refractivity contribution in [1.82, 2.24) is 24.5 Å². The molecule has 10 nitrogen and oxygen atoms in total. The fraction of sp³-hybridized carbons (Fsp3) is 0.609. The van der Waals surface area contributed by atoms with E-state index in [4.69, 9.17) is 14.7 Å². The van der Waals surface area contributed by atoms with Gasteiger partial charge in [-0.2, -0.15) is 14.4 Å². The van der Waals surface area contributed by atoms with Crippen LogP contribution in [0.4, 0.5) is 17.6 Å². The summed E-state index contributed by atoms with van der Waals surface area (Å²) < 4.78 is 33.1. The molecular weight excluding hydrogens is 454 g/mol. The van der Waals surface area contributed by atoms with E-state index in [1.54, 1.807) is 6.92 Å². The number of aryl methyl sites for hydroxylation is 1. The molecule has 2 fully saturated rings. The Labute approximate surface area is 200 Å². The van der Waals surface area contributed by atoms with Gasteiger partial charge in [0.15, 0.2) is 5.82 Å². The number of fused-ring (bicyclic) bond motifs is 2. The molecule has 2 aromatic rings. The average molecular weight is 488 g/mol. The standard InChI is InChI=1S/C23H33N7O3S/c1-4-34(31,32)30-16-7-5-8-17(30)13-18(12-16)29(3)23-24-19(20-9-6-10-33-20)14-21(26-23)25-22-11-15(2)27-28-22/h9,11,14,16-18H,4-8,10,12-13H2,1-3H3,(H2,24,25,26,27,28)/t16-,17+,18?. The first-order chi connectivity index (χ1) is 16.3. The molecule has 0 aliphatic carbocycles. The summed E-state index contributed by atoms with van der Waals surface area (Å²) in [7, 11) is -1.20. The Kier molecular flexibility index (Phi) is 6.24. The molecule has 5 rings (SSSR count). The molecule has 34 heavy (non-hydrogen) atoms. The van der Waals surface area contributed by atoms with Crippen molar-refractivity contribution in [2.75, 3.05) is 29.6 Å². The molecule has 2 aromatic heterocycles. The van der Waals surface area contributed by atoms with Crippen LogP contribution in [-0.4, -0.2) is 70.4 Å². The first kappa shape index (κ1) is 23.1. The van der Waals surface area contributed by atoms with Crippen LogP contribution in [0.3, 0.4) is 0 Å². The SMILES string of the molecule is CCS(=O)(=O)N1[C@@H]2CCC[C@H]1CC(N(C)c1nc(Nc3cc(C)[nH]n3)cc(C3=CCCO3)n1)C2. The Hall–Kier alpha value is -2.66. The van der Waals surface area contributed by atoms with E-state index in [9.17, 15) is 8.42 Å². The minimum atomic E-state index is -3.21. The second-order valence-electron chi connectivity index (χ2n) is 9.41. The summed E-state index contributed by atoms with van der Waals surface area (Å²) >= 11 is 0. The number of nitrogens with one attached hydrogen (secondary N) is 2. The van der Waals surface area contributed by atoms with Gasteiger partial charge in [0.05, 0.1) is 12.4 Å². The molecule has 1 unspecified atom stereocenters. The number of sulfonamides is 1. The molecule has 0 aromatic carbocycles. The van der Waals surface area contributed by atoms with E-state index in [2.05, 4.69) is 20.4 Å². The lowest BCUT2D eigenvalue weighted by Crippen LogP contribution is -2.58. The second kappa shape index (κ2) is 9.18. The monoisotopic (exact) mass is 487 g/mol. The zero-order valence-electron chi connectivity index (χ0n) is 20.0. The van der Waals surface area contributed by atoms with Crippen molar-refractivity contribution in [3.63, 3.8) is 0 Å². The van der Waals surface area contributed by atoms with Gasteiger partial charge in [-0.3, -0.25) is 5.10 Å². The van der Waals surface area contributed by atoms with Crippen molar-refractivity contribution in [2.45, 2.75) is 70.5 Å². The highest BCUT2D eigenvalue weighted by Crippen LogP contribution is 2.38. The van der Waals surface area contributed by atoms with Gasteiger partial charge in [-0.25, -0.2) is 13.4 Å². The molecule has 2 bridgehead atoms. The van der Waals surface area contributed by atoms with Gasteiger partial charge in [0, 0.05) is 49.4 Å². The van der Waals surface area contributed by atoms with E-state index in [0.717, 1.165) is 55.7 Å². The number of H-pyrrole nitrogens is 1. The van der Waals surface area contributed by atoms with E-state index >= 15 is 0 Å². The molecule has 0 saturated carbocycles. The van der Waals surface area contributed by atoms with E-state index in [0.29, 0.717) is 24.2 Å². The van der Waals surface area contributed by atoms with Crippen molar-refractivity contribution >= 4 is 33.4 Å². The van der Waals surface area contributed by atoms with Crippen LogP contribution in [0.1, 0.15) is 56.8 Å². The summed E-state index contributed by atoms with van der Waals surface area (Å²) in [5.41, 5.74) is 1.69. The molecule has 11 heteroatoms. The molecule has 0 radical (unpaired) electrons. The van der Waals surface area contributed by atoms with Crippen LogP contribution in [0.15, 0.2) is 18.2 Å². The van der Waals surface area contributed by atoms with Crippen LogP contribution in [0.2, 0.25) is 0 Å². The Morgan fingerprint density at radius 3 is 2.59 bits per heavy atom. The summed E-state index contributed by atoms with van der Waals surface area (Å²) in [5, 5.41) is 10.5. The molecule has 0 spiro atoms. The first-order valence-corrected chi connectivity index (χ1v) is 13.7. The Bertz CT molecular complexity index is 1160. The van der Waals surface area contributed by atoms with Crippen molar-refractivity contribution in [1.29, 1.82) is 0 Å². The topological polar surface area (TPSA) is 116 Å². The first-order valence-electron chi connectivity index (χ1n) is 12.1. The zero-order chi connectivity index (χ0) is 23.9. The van der Waals surface area contributed by atoms with Gasteiger partial charge in [0.2, 0.25) is 16.0 Å². The van der Waals surface area contributed by atoms with Crippen LogP contribution in [-0.2, 0) is 14.8 Å². The smallest absolute Gasteiger partial charge is 0.227 e. The quantitative estimate of drug-likeness (QED) is 0.612. The summed E-state index contributed by atoms with van der Waals surface area (Å²) in [6, 6.07) is 4.04. The van der Waals surface area contributed by atoms with E-state index in [1.165, 1.54) is 0 Å². The second-order valence-corrected chi connectivity index (χ2v) is 11.6. The highest BCUT2D eigenvalue weighted by molar-refractivity contribution is 7.89. The fourth-order valence-corrected chi connectivity index (χ4v) is 6.97. The number of hydrogen-bond donors (Lipinski definition) is 2. The van der Waals surface area contributed by atoms with Crippen LogP contribution in [0, 0.1) is 6.92 Å². The van der Waals surface area contributed by atoms with Gasteiger partial charge in [-0.15, -0.1) is 0 Å². The van der Waals surface area contributed by atoms with Crippen molar-refractivity contribution in [2.24, 2.45) is 0 Å². The zero-order valence-corrected chi connectivity index (χ0v) is 20.8. The Morgan fingerprint density at radius 2 is 1.97 bits per heavy atom. The third kappa shape index (κ3) is 4.50. The van der Waals surface area contributed by atoms with E-state index < -0.39 is 10.0 Å². The molecule has 3 aliphatic heterocycles. The Balaban J connectivity index is 1.43. The molecule has 0 amide bonds. The third-order valence-electron chi connectivity index (χ3n) is 7.07. The lowest BCUT2D eigenvalue weighted by atomic mass is 9.83. The summed E-state index contributed by atoms with van der Waals surface area (Å²) in [6.07, 6.45) is 7.36. The predicted octanol–water partition coefficient (Wildman–Crippen LogP) is 3.18. The van der Waals surface area contributed by atoms with Crippen molar-refractivity contribution in [3.05, 3.63) is 29.6 Å². The molecule has 3 atom stereocenters. The number of ether oxygens (including phenoxy) is 1. The maximum atomic E-state index is 12.8. The number of anilines is 3. The minimum absolute atomic E-state index is 0.0404. The largest absolute Gasteiger partial charge is 0.491 e. The summed E-state index contributed by atoms with van der Waals surface area (Å²) in [5.74, 6) is 2.84.